The van der Waals surface area contributed by atoms with E-state index in [-0.39, 0.29) is 16.2 Å². The van der Waals surface area contributed by atoms with Crippen molar-refractivity contribution < 1.29 is 0 Å². The van der Waals surface area contributed by atoms with Crippen molar-refractivity contribution in [2.24, 2.45) is 0 Å². The van der Waals surface area contributed by atoms with Gasteiger partial charge >= 0.3 is 0 Å². The highest BCUT2D eigenvalue weighted by molar-refractivity contribution is 6.28. The molecule has 0 spiro atoms. The average Bonchev–Trinajstić information content (AvgIpc) is 1.44. The van der Waals surface area contributed by atoms with Gasteiger partial charge in [0.2, 0.25) is 0 Å². The van der Waals surface area contributed by atoms with Crippen LogP contribution in [0.4, 0.5) is 0 Å². The first-order valence-corrected chi connectivity index (χ1v) is 49.5. The Kier molecular flexibility index (Phi) is 20.5. The fourth-order valence-electron chi connectivity index (χ4n) is 24.6. The van der Waals surface area contributed by atoms with Crippen molar-refractivity contribution in [1.82, 2.24) is 0 Å². The topological polar surface area (TPSA) is 0 Å². The average molecular weight is 1790 g/mol. The normalized spacial score (nSPS) is 13.2. The molecule has 0 heterocycles. The van der Waals surface area contributed by atoms with Gasteiger partial charge in [-0.2, -0.15) is 0 Å². The minimum atomic E-state index is -0.0528. The molecule has 3 aliphatic carbocycles. The fraction of sp³-hybridized carbons (Fsp3) is 0.0857. The van der Waals surface area contributed by atoms with Crippen LogP contribution in [0.1, 0.15) is 91.6 Å². The van der Waals surface area contributed by atoms with Gasteiger partial charge in [0, 0.05) is 16.2 Å². The molecule has 0 atom stereocenters. The van der Waals surface area contributed by atoms with Crippen molar-refractivity contribution in [3.8, 4) is 145 Å². The van der Waals surface area contributed by atoms with Crippen molar-refractivity contribution in [1.29, 1.82) is 0 Å². The van der Waals surface area contributed by atoms with E-state index in [0.29, 0.717) is 0 Å². The summed E-state index contributed by atoms with van der Waals surface area (Å²) in [5, 5.41) is 20.6. The van der Waals surface area contributed by atoms with E-state index < -0.39 is 0 Å². The molecule has 0 fully saturated rings. The molecule has 3 aliphatic rings. The molecule has 0 saturated heterocycles. The lowest BCUT2D eigenvalue weighted by molar-refractivity contribution is 0.660. The molecular formula is C140H104. The highest BCUT2D eigenvalue weighted by atomic mass is 14.4. The summed E-state index contributed by atoms with van der Waals surface area (Å²) in [6, 6.07) is 173. The Morgan fingerprint density at radius 2 is 0.371 bits per heavy atom. The smallest absolute Gasteiger partial charge is 0.0159 e. The van der Waals surface area contributed by atoms with Crippen LogP contribution in [-0.4, -0.2) is 0 Å². The van der Waals surface area contributed by atoms with Crippen molar-refractivity contribution in [2.45, 2.75) is 78.6 Å². The van der Waals surface area contributed by atoms with Crippen molar-refractivity contribution in [3.05, 3.63) is 517 Å². The third kappa shape index (κ3) is 13.8. The van der Waals surface area contributed by atoms with Gasteiger partial charge < -0.3 is 0 Å². The number of fused-ring (bicyclic) bond motifs is 17. The summed E-state index contributed by atoms with van der Waals surface area (Å²) < 4.78 is 0. The Morgan fingerprint density at radius 1 is 0.121 bits per heavy atom. The summed E-state index contributed by atoms with van der Waals surface area (Å²) >= 11 is 0. The molecule has 0 amide bonds. The third-order valence-electron chi connectivity index (χ3n) is 31.2. The summed E-state index contributed by atoms with van der Waals surface area (Å²) in [6.45, 7) is 20.9. The Labute approximate surface area is 820 Å². The van der Waals surface area contributed by atoms with Gasteiger partial charge in [-0.1, -0.05) is 513 Å². The Morgan fingerprint density at radius 3 is 0.807 bits per heavy atom. The number of benzene rings is 24. The van der Waals surface area contributed by atoms with Crippen LogP contribution in [0.3, 0.4) is 0 Å². The molecule has 24 aromatic rings. The molecule has 0 N–H and O–H groups in total. The van der Waals surface area contributed by atoms with Gasteiger partial charge in [-0.3, -0.25) is 0 Å². The molecule has 0 aliphatic heterocycles. The molecule has 664 valence electrons. The largest absolute Gasteiger partial charge is 0.0622 e. The lowest BCUT2D eigenvalue weighted by Gasteiger charge is -2.23. The first-order valence-electron chi connectivity index (χ1n) is 49.5. The van der Waals surface area contributed by atoms with Crippen LogP contribution in [0.2, 0.25) is 0 Å². The molecular weight excluding hydrogens is 1680 g/mol. The summed E-state index contributed by atoms with van der Waals surface area (Å²) in [5.74, 6) is 0. The van der Waals surface area contributed by atoms with Gasteiger partial charge in [-0.25, -0.2) is 0 Å². The van der Waals surface area contributed by atoms with Gasteiger partial charge in [0.15, 0.2) is 0 Å². The fourth-order valence-corrected chi connectivity index (χ4v) is 24.6. The lowest BCUT2D eigenvalue weighted by atomic mass is 9.80. The van der Waals surface area contributed by atoms with E-state index in [2.05, 4.69) is 529 Å². The Hall–Kier alpha value is -16.6. The highest BCUT2D eigenvalue weighted by Gasteiger charge is 2.41. The predicted molar refractivity (Wildman–Crippen MR) is 601 cm³/mol. The number of aryl methyl sites for hydroxylation is 3. The lowest BCUT2D eigenvalue weighted by Crippen LogP contribution is -2.14. The molecule has 0 bridgehead atoms. The van der Waals surface area contributed by atoms with Crippen LogP contribution >= 0.6 is 0 Å². The van der Waals surface area contributed by atoms with Crippen LogP contribution in [0, 0.1) is 20.8 Å². The minimum absolute atomic E-state index is 0.0501. The molecule has 140 heavy (non-hydrogen) atoms. The van der Waals surface area contributed by atoms with Crippen LogP contribution in [-0.2, 0) is 16.2 Å². The zero-order valence-corrected chi connectivity index (χ0v) is 80.5. The molecule has 0 unspecified atom stereocenters. The molecule has 0 saturated carbocycles. The maximum absolute atomic E-state index is 2.41. The first-order chi connectivity index (χ1) is 68.5. The quantitative estimate of drug-likeness (QED) is 0.120. The number of hydrogen-bond acceptors (Lipinski definition) is 0. The standard InChI is InChI=1S/C48H36.2C46H34/c1-31-23-28-39-42(29-31)46(41-20-12-22-44-47(41)40-19-9-10-21-43(40)48(44,2)3)38-18-8-7-17-37(38)45(39)36-16-11-15-35(30-36)34-26-24-33(25-27-34)32-13-5-4-6-14-32;1-29-25-26-37-40(27-29)44(39-22-12-24-42-45(39)38-20-8-9-23-41(38)46(42,2)3)36-19-7-6-18-35(36)43(37)32-16-10-15-31(28-32)34-21-11-14-30-13-4-5-17-33(30)34;1-29-24-25-37-40(28-29)44(39-21-13-23-42-45(39)38-20-11-12-22-41(38)46(42,2)3)35-19-10-9-18-34(35)43(37)36-27-26-31(30-14-5-4-6-15-30)32-16-7-8-17-33(32)36/h4-30H,1-3H3;2*4-28H,1-3H3. The van der Waals surface area contributed by atoms with E-state index >= 15 is 0 Å². The van der Waals surface area contributed by atoms with Crippen molar-refractivity contribution in [2.75, 3.05) is 0 Å². The molecule has 0 heteroatoms. The van der Waals surface area contributed by atoms with E-state index in [1.165, 1.54) is 281 Å². The number of hydrogen-bond donors (Lipinski definition) is 0. The van der Waals surface area contributed by atoms with Gasteiger partial charge in [-0.05, 0) is 297 Å². The first kappa shape index (κ1) is 85.1. The van der Waals surface area contributed by atoms with E-state index in [4.69, 9.17) is 0 Å². The second kappa shape index (κ2) is 33.7. The molecule has 27 rings (SSSR count). The van der Waals surface area contributed by atoms with E-state index in [9.17, 15) is 0 Å². The van der Waals surface area contributed by atoms with Crippen LogP contribution in [0.5, 0.6) is 0 Å². The van der Waals surface area contributed by atoms with Crippen LogP contribution in [0.15, 0.2) is 467 Å². The van der Waals surface area contributed by atoms with Crippen LogP contribution < -0.4 is 0 Å². The van der Waals surface area contributed by atoms with Crippen LogP contribution in [0.25, 0.3) is 231 Å². The predicted octanol–water partition coefficient (Wildman–Crippen LogP) is 38.8. The summed E-state index contributed by atoms with van der Waals surface area (Å²) in [5.41, 5.74) is 45.8. The molecule has 0 aromatic heterocycles. The second-order valence-electron chi connectivity index (χ2n) is 40.4. The van der Waals surface area contributed by atoms with E-state index in [1.54, 1.807) is 0 Å². The molecule has 24 aromatic carbocycles. The van der Waals surface area contributed by atoms with Gasteiger partial charge in [0.25, 0.3) is 0 Å². The minimum Gasteiger partial charge on any atom is -0.0622 e. The van der Waals surface area contributed by atoms with E-state index in [0.717, 1.165) is 0 Å². The van der Waals surface area contributed by atoms with Crippen molar-refractivity contribution >= 4 is 86.2 Å². The van der Waals surface area contributed by atoms with Gasteiger partial charge in [-0.15, -0.1) is 0 Å². The summed E-state index contributed by atoms with van der Waals surface area (Å²) in [4.78, 5) is 0. The Bertz CT molecular complexity index is 9200. The van der Waals surface area contributed by atoms with E-state index in [1.807, 2.05) is 0 Å². The maximum Gasteiger partial charge on any atom is 0.0159 e. The van der Waals surface area contributed by atoms with Gasteiger partial charge in [0.05, 0.1) is 0 Å². The zero-order chi connectivity index (χ0) is 94.4. The second-order valence-corrected chi connectivity index (χ2v) is 40.4. The van der Waals surface area contributed by atoms with Crippen molar-refractivity contribution in [3.63, 3.8) is 0 Å². The molecule has 0 nitrogen and oxygen atoms in total. The zero-order valence-electron chi connectivity index (χ0n) is 80.5. The number of rotatable bonds is 10. The maximum atomic E-state index is 2.41. The Balaban J connectivity index is 0.000000111. The summed E-state index contributed by atoms with van der Waals surface area (Å²) in [6.07, 6.45) is 0. The third-order valence-corrected chi connectivity index (χ3v) is 31.2. The molecule has 0 radical (unpaired) electrons. The summed E-state index contributed by atoms with van der Waals surface area (Å²) in [7, 11) is 0. The SMILES string of the molecule is Cc1ccc2c(-c3ccc(-c4ccccc4)c4ccccc34)c3ccccc3c(-c3cccc4c3-c3ccccc3C4(C)C)c2c1.Cc1ccc2c(-c3cccc(-c4ccc(-c5ccccc5)cc4)c3)c3ccccc3c(-c3cccc4c3-c3ccccc3C4(C)C)c2c1.Cc1ccc2c(-c3cccc(-c4cccc5ccccc45)c3)c3ccccc3c(-c3cccc4c3-c3ccccc3C4(C)C)c2c1. The highest BCUT2D eigenvalue weighted by Crippen LogP contribution is 2.60. The van der Waals surface area contributed by atoms with Gasteiger partial charge in [0.1, 0.15) is 0 Å². The monoisotopic (exact) mass is 1780 g/mol.